The number of nitrogens with one attached hydrogen (secondary N) is 1. The summed E-state index contributed by atoms with van der Waals surface area (Å²) < 4.78 is 26.4. The third kappa shape index (κ3) is 4.41. The first-order valence-corrected chi connectivity index (χ1v) is 10.2. The van der Waals surface area contributed by atoms with Gasteiger partial charge in [0.25, 0.3) is 0 Å². The van der Waals surface area contributed by atoms with E-state index in [0.29, 0.717) is 31.7 Å². The molecule has 1 N–H and O–H groups in total. The molecule has 0 atom stereocenters. The lowest BCUT2D eigenvalue weighted by Gasteiger charge is -2.39. The Morgan fingerprint density at radius 3 is 2.19 bits per heavy atom. The maximum Gasteiger partial charge on any atom is 0.215 e. The second-order valence-corrected chi connectivity index (χ2v) is 8.86. The summed E-state index contributed by atoms with van der Waals surface area (Å²) in [5.41, 5.74) is 0. The molecule has 0 aromatic rings. The quantitative estimate of drug-likeness (QED) is 0.795. The molecule has 0 unspecified atom stereocenters. The Labute approximate surface area is 129 Å². The molecule has 0 bridgehead atoms. The molecule has 2 aliphatic heterocycles. The minimum absolute atomic E-state index is 0.262. The first kappa shape index (κ1) is 15.7. The van der Waals surface area contributed by atoms with E-state index in [1.807, 2.05) is 0 Å². The minimum Gasteiger partial charge on any atom is -0.313 e. The van der Waals surface area contributed by atoms with Crippen molar-refractivity contribution in [3.8, 4) is 0 Å². The van der Waals surface area contributed by atoms with Crippen LogP contribution >= 0.6 is 0 Å². The Balaban J connectivity index is 1.42. The highest BCUT2D eigenvalue weighted by atomic mass is 32.2. The molecule has 0 radical (unpaired) electrons. The van der Waals surface area contributed by atoms with Gasteiger partial charge in [-0.1, -0.05) is 6.42 Å². The zero-order valence-electron chi connectivity index (χ0n) is 13.0. The Hall–Kier alpha value is -0.170. The van der Waals surface area contributed by atoms with Crippen molar-refractivity contribution < 1.29 is 8.42 Å². The lowest BCUT2D eigenvalue weighted by atomic mass is 10.0. The van der Waals surface area contributed by atoms with Crippen LogP contribution in [0.2, 0.25) is 0 Å². The number of rotatable bonds is 6. The molecule has 5 nitrogen and oxygen atoms in total. The normalized spacial score (nSPS) is 27.0. The molecule has 1 saturated carbocycles. The van der Waals surface area contributed by atoms with E-state index in [-0.39, 0.29) is 5.75 Å². The van der Waals surface area contributed by atoms with Gasteiger partial charge in [0, 0.05) is 31.7 Å². The molecule has 6 heteroatoms. The average Bonchev–Trinajstić information content (AvgIpc) is 3.32. The van der Waals surface area contributed by atoms with Crippen LogP contribution in [0.5, 0.6) is 0 Å². The maximum absolute atomic E-state index is 12.3. The summed E-state index contributed by atoms with van der Waals surface area (Å²) in [6.07, 6.45) is 8.42. The average molecular weight is 315 g/mol. The van der Waals surface area contributed by atoms with Gasteiger partial charge in [0.15, 0.2) is 0 Å². The number of piperidine rings is 2. The first-order valence-electron chi connectivity index (χ1n) is 8.60. The van der Waals surface area contributed by atoms with Gasteiger partial charge in [-0.2, -0.15) is 0 Å². The molecule has 0 spiro atoms. The Kier molecular flexibility index (Phi) is 5.19. The van der Waals surface area contributed by atoms with E-state index in [9.17, 15) is 8.42 Å². The zero-order chi connectivity index (χ0) is 14.7. The fourth-order valence-corrected chi connectivity index (χ4v) is 4.98. The number of nitrogens with zero attached hydrogens (tertiary/aromatic N) is 2. The Morgan fingerprint density at radius 1 is 0.905 bits per heavy atom. The SMILES string of the molecule is O=S(=O)(CCNC1CC1)N1CCC(N2CCCCC2)CC1. The lowest BCUT2D eigenvalue weighted by Crippen LogP contribution is -2.49. The summed E-state index contributed by atoms with van der Waals surface area (Å²) in [5.74, 6) is 0.262. The van der Waals surface area contributed by atoms with E-state index < -0.39 is 10.0 Å². The highest BCUT2D eigenvalue weighted by molar-refractivity contribution is 7.89. The fraction of sp³-hybridized carbons (Fsp3) is 1.00. The molecule has 21 heavy (non-hydrogen) atoms. The number of hydrogen-bond donors (Lipinski definition) is 1. The van der Waals surface area contributed by atoms with Crippen molar-refractivity contribution in [1.29, 1.82) is 0 Å². The topological polar surface area (TPSA) is 52.7 Å². The molecule has 3 fully saturated rings. The molecular formula is C15H29N3O2S. The van der Waals surface area contributed by atoms with Gasteiger partial charge >= 0.3 is 0 Å². The van der Waals surface area contributed by atoms with Crippen LogP contribution in [-0.2, 0) is 10.0 Å². The second kappa shape index (κ2) is 6.94. The second-order valence-electron chi connectivity index (χ2n) is 6.77. The van der Waals surface area contributed by atoms with E-state index in [2.05, 4.69) is 10.2 Å². The van der Waals surface area contributed by atoms with Gasteiger partial charge in [-0.25, -0.2) is 12.7 Å². The van der Waals surface area contributed by atoms with Gasteiger partial charge in [-0.3, -0.25) is 0 Å². The van der Waals surface area contributed by atoms with Crippen LogP contribution in [-0.4, -0.2) is 68.2 Å². The minimum atomic E-state index is -3.05. The number of likely N-dealkylation sites (tertiary alicyclic amines) is 1. The molecule has 122 valence electrons. The largest absolute Gasteiger partial charge is 0.313 e. The predicted octanol–water partition coefficient (Wildman–Crippen LogP) is 1.02. The van der Waals surface area contributed by atoms with Crippen molar-refractivity contribution in [2.45, 2.75) is 57.0 Å². The van der Waals surface area contributed by atoms with Gasteiger partial charge in [0.1, 0.15) is 0 Å². The molecule has 3 rings (SSSR count). The van der Waals surface area contributed by atoms with Gasteiger partial charge < -0.3 is 10.2 Å². The number of sulfonamides is 1. The maximum atomic E-state index is 12.3. The molecule has 1 aliphatic carbocycles. The molecule has 2 heterocycles. The Morgan fingerprint density at radius 2 is 1.57 bits per heavy atom. The molecule has 0 aromatic heterocycles. The fourth-order valence-electron chi connectivity index (χ4n) is 3.58. The smallest absolute Gasteiger partial charge is 0.215 e. The summed E-state index contributed by atoms with van der Waals surface area (Å²) in [6, 6.07) is 1.20. The van der Waals surface area contributed by atoms with Crippen molar-refractivity contribution in [3.05, 3.63) is 0 Å². The van der Waals surface area contributed by atoms with Crippen LogP contribution in [0.4, 0.5) is 0 Å². The van der Waals surface area contributed by atoms with Crippen LogP contribution in [0.3, 0.4) is 0 Å². The van der Waals surface area contributed by atoms with Crippen LogP contribution in [0.1, 0.15) is 44.9 Å². The van der Waals surface area contributed by atoms with E-state index in [4.69, 9.17) is 0 Å². The van der Waals surface area contributed by atoms with Crippen molar-refractivity contribution in [3.63, 3.8) is 0 Å². The van der Waals surface area contributed by atoms with E-state index in [1.165, 1.54) is 45.2 Å². The first-order chi connectivity index (χ1) is 10.1. The van der Waals surface area contributed by atoms with Crippen LogP contribution < -0.4 is 5.32 Å². The highest BCUT2D eigenvalue weighted by Gasteiger charge is 2.31. The highest BCUT2D eigenvalue weighted by Crippen LogP contribution is 2.22. The van der Waals surface area contributed by atoms with Crippen molar-refractivity contribution in [2.75, 3.05) is 38.5 Å². The van der Waals surface area contributed by atoms with Gasteiger partial charge in [-0.15, -0.1) is 0 Å². The third-order valence-corrected chi connectivity index (χ3v) is 6.97. The van der Waals surface area contributed by atoms with Crippen molar-refractivity contribution in [2.24, 2.45) is 0 Å². The summed E-state index contributed by atoms with van der Waals surface area (Å²) in [5, 5.41) is 3.30. The van der Waals surface area contributed by atoms with Crippen molar-refractivity contribution in [1.82, 2.24) is 14.5 Å². The van der Waals surface area contributed by atoms with Crippen LogP contribution in [0.25, 0.3) is 0 Å². The lowest BCUT2D eigenvalue weighted by molar-refractivity contribution is 0.118. The molecular weight excluding hydrogens is 286 g/mol. The summed E-state index contributed by atoms with van der Waals surface area (Å²) in [7, 11) is -3.05. The van der Waals surface area contributed by atoms with E-state index >= 15 is 0 Å². The van der Waals surface area contributed by atoms with Gasteiger partial charge in [-0.05, 0) is 51.6 Å². The Bertz CT molecular complexity index is 422. The summed E-state index contributed by atoms with van der Waals surface area (Å²) in [6.45, 7) is 4.46. The molecule has 2 saturated heterocycles. The van der Waals surface area contributed by atoms with Gasteiger partial charge in [0.05, 0.1) is 5.75 Å². The predicted molar refractivity (Wildman–Crippen MR) is 84.8 cm³/mol. The summed E-state index contributed by atoms with van der Waals surface area (Å²) in [4.78, 5) is 2.59. The summed E-state index contributed by atoms with van der Waals surface area (Å²) >= 11 is 0. The van der Waals surface area contributed by atoms with Gasteiger partial charge in [0.2, 0.25) is 10.0 Å². The number of hydrogen-bond acceptors (Lipinski definition) is 4. The third-order valence-electron chi connectivity index (χ3n) is 5.09. The zero-order valence-corrected chi connectivity index (χ0v) is 13.8. The molecule has 0 aromatic carbocycles. The van der Waals surface area contributed by atoms with Crippen molar-refractivity contribution >= 4 is 10.0 Å². The molecule has 0 amide bonds. The standard InChI is InChI=1S/C15H29N3O2S/c19-21(20,13-8-16-14-4-5-14)18-11-6-15(7-12-18)17-9-2-1-3-10-17/h14-16H,1-13H2. The van der Waals surface area contributed by atoms with E-state index in [1.54, 1.807) is 4.31 Å². The monoisotopic (exact) mass is 315 g/mol. The van der Waals surface area contributed by atoms with Crippen LogP contribution in [0, 0.1) is 0 Å². The van der Waals surface area contributed by atoms with Crippen LogP contribution in [0.15, 0.2) is 0 Å². The molecule has 3 aliphatic rings. The van der Waals surface area contributed by atoms with E-state index in [0.717, 1.165) is 12.8 Å².